The van der Waals surface area contributed by atoms with E-state index in [4.69, 9.17) is 0 Å². The number of pyridine rings is 1. The van der Waals surface area contributed by atoms with Gasteiger partial charge in [0.05, 0.1) is 10.4 Å². The maximum atomic E-state index is 10.6. The summed E-state index contributed by atoms with van der Waals surface area (Å²) in [6, 6.07) is 6.48. The average molecular weight is 267 g/mol. The lowest BCUT2D eigenvalue weighted by Gasteiger charge is -2.01. The zero-order valence-electron chi connectivity index (χ0n) is 7.90. The molecule has 4 nitrogen and oxygen atoms in total. The standard InChI is InChI=1S/C10H7BrN2O2/c1-6-4-9(11)8-5-7(13(14)15)2-3-10(8)12-6/h2-5H,1H3. The maximum absolute atomic E-state index is 10.6. The molecular weight excluding hydrogens is 260 g/mol. The minimum absolute atomic E-state index is 0.0776. The molecule has 0 bridgehead atoms. The summed E-state index contributed by atoms with van der Waals surface area (Å²) in [5.41, 5.74) is 1.71. The third kappa shape index (κ3) is 1.83. The number of nitro benzene ring substituents is 1. The summed E-state index contributed by atoms with van der Waals surface area (Å²) in [5, 5.41) is 11.4. The fourth-order valence-electron chi connectivity index (χ4n) is 1.41. The van der Waals surface area contributed by atoms with Crippen molar-refractivity contribution in [2.75, 3.05) is 0 Å². The molecule has 0 amide bonds. The van der Waals surface area contributed by atoms with Gasteiger partial charge >= 0.3 is 0 Å². The number of nitrogens with zero attached hydrogens (tertiary/aromatic N) is 2. The van der Waals surface area contributed by atoms with Crippen LogP contribution in [0, 0.1) is 17.0 Å². The molecule has 0 aliphatic rings. The minimum atomic E-state index is -0.411. The van der Waals surface area contributed by atoms with Gasteiger partial charge < -0.3 is 0 Å². The first kappa shape index (κ1) is 10.0. The van der Waals surface area contributed by atoms with Gasteiger partial charge in [-0.2, -0.15) is 0 Å². The molecule has 0 unspecified atom stereocenters. The predicted octanol–water partition coefficient (Wildman–Crippen LogP) is 3.21. The first-order valence-corrected chi connectivity index (χ1v) is 5.08. The fraction of sp³-hybridized carbons (Fsp3) is 0.100. The summed E-state index contributed by atoms with van der Waals surface area (Å²) >= 11 is 3.37. The van der Waals surface area contributed by atoms with Crippen LogP contribution in [0.1, 0.15) is 5.69 Å². The molecule has 0 aliphatic heterocycles. The Morgan fingerprint density at radius 1 is 1.40 bits per heavy atom. The molecular formula is C10H7BrN2O2. The van der Waals surface area contributed by atoms with Gasteiger partial charge in [-0.15, -0.1) is 0 Å². The highest BCUT2D eigenvalue weighted by molar-refractivity contribution is 9.10. The van der Waals surface area contributed by atoms with E-state index >= 15 is 0 Å². The zero-order chi connectivity index (χ0) is 11.0. The highest BCUT2D eigenvalue weighted by Gasteiger charge is 2.09. The molecule has 15 heavy (non-hydrogen) atoms. The van der Waals surface area contributed by atoms with Crippen molar-refractivity contribution in [3.63, 3.8) is 0 Å². The molecule has 0 fully saturated rings. The normalized spacial score (nSPS) is 10.5. The molecule has 1 aromatic carbocycles. The van der Waals surface area contributed by atoms with Crippen LogP contribution in [0.25, 0.3) is 10.9 Å². The van der Waals surface area contributed by atoms with E-state index in [1.807, 2.05) is 13.0 Å². The molecule has 2 rings (SSSR count). The SMILES string of the molecule is Cc1cc(Br)c2cc([N+](=O)[O-])ccc2n1. The van der Waals surface area contributed by atoms with Crippen LogP contribution in [-0.4, -0.2) is 9.91 Å². The van der Waals surface area contributed by atoms with Crippen LogP contribution < -0.4 is 0 Å². The van der Waals surface area contributed by atoms with Gasteiger partial charge in [-0.25, -0.2) is 0 Å². The van der Waals surface area contributed by atoms with Crippen LogP contribution in [0.4, 0.5) is 5.69 Å². The van der Waals surface area contributed by atoms with E-state index < -0.39 is 4.92 Å². The lowest BCUT2D eigenvalue weighted by Crippen LogP contribution is -1.90. The van der Waals surface area contributed by atoms with Crippen LogP contribution >= 0.6 is 15.9 Å². The quantitative estimate of drug-likeness (QED) is 0.588. The Labute approximate surface area is 94.2 Å². The topological polar surface area (TPSA) is 56.0 Å². The van der Waals surface area contributed by atoms with E-state index in [0.29, 0.717) is 0 Å². The van der Waals surface area contributed by atoms with Crippen molar-refractivity contribution in [1.82, 2.24) is 4.98 Å². The molecule has 0 aliphatic carbocycles. The van der Waals surface area contributed by atoms with Gasteiger partial charge in [0.25, 0.3) is 5.69 Å². The van der Waals surface area contributed by atoms with Crippen LogP contribution in [0.5, 0.6) is 0 Å². The first-order valence-electron chi connectivity index (χ1n) is 4.29. The third-order valence-electron chi connectivity index (χ3n) is 2.08. The van der Waals surface area contributed by atoms with E-state index in [0.717, 1.165) is 21.1 Å². The Hall–Kier alpha value is -1.49. The average Bonchev–Trinajstić information content (AvgIpc) is 2.16. The van der Waals surface area contributed by atoms with Crippen molar-refractivity contribution in [3.8, 4) is 0 Å². The van der Waals surface area contributed by atoms with Gasteiger partial charge in [0.1, 0.15) is 0 Å². The number of rotatable bonds is 1. The Morgan fingerprint density at radius 3 is 2.80 bits per heavy atom. The Kier molecular flexibility index (Phi) is 2.40. The van der Waals surface area contributed by atoms with E-state index in [-0.39, 0.29) is 5.69 Å². The second kappa shape index (κ2) is 3.58. The van der Waals surface area contributed by atoms with E-state index in [1.54, 1.807) is 6.07 Å². The molecule has 1 aromatic heterocycles. The Bertz CT molecular complexity index is 554. The first-order chi connectivity index (χ1) is 7.08. The second-order valence-electron chi connectivity index (χ2n) is 3.20. The summed E-state index contributed by atoms with van der Waals surface area (Å²) in [6.07, 6.45) is 0. The van der Waals surface area contributed by atoms with Crippen molar-refractivity contribution >= 4 is 32.5 Å². The van der Waals surface area contributed by atoms with E-state index in [9.17, 15) is 10.1 Å². The van der Waals surface area contributed by atoms with Crippen LogP contribution in [0.3, 0.4) is 0 Å². The minimum Gasteiger partial charge on any atom is -0.258 e. The number of benzene rings is 1. The van der Waals surface area contributed by atoms with Gasteiger partial charge in [-0.3, -0.25) is 15.1 Å². The molecule has 0 spiro atoms. The summed E-state index contributed by atoms with van der Waals surface area (Å²) in [4.78, 5) is 14.5. The zero-order valence-corrected chi connectivity index (χ0v) is 9.48. The largest absolute Gasteiger partial charge is 0.270 e. The smallest absolute Gasteiger partial charge is 0.258 e. The lowest BCUT2D eigenvalue weighted by molar-refractivity contribution is -0.384. The van der Waals surface area contributed by atoms with Gasteiger partial charge in [0.2, 0.25) is 0 Å². The van der Waals surface area contributed by atoms with E-state index in [1.165, 1.54) is 12.1 Å². The van der Waals surface area contributed by atoms with Crippen molar-refractivity contribution in [3.05, 3.63) is 44.5 Å². The molecule has 0 N–H and O–H groups in total. The molecule has 0 radical (unpaired) electrons. The number of aryl methyl sites for hydroxylation is 1. The number of non-ortho nitro benzene ring substituents is 1. The molecule has 0 saturated carbocycles. The van der Waals surface area contributed by atoms with Gasteiger partial charge in [-0.1, -0.05) is 15.9 Å². The fourth-order valence-corrected chi connectivity index (χ4v) is 2.06. The number of nitro groups is 1. The predicted molar refractivity (Wildman–Crippen MR) is 60.8 cm³/mol. The summed E-state index contributed by atoms with van der Waals surface area (Å²) in [7, 11) is 0. The molecule has 76 valence electrons. The van der Waals surface area contributed by atoms with Gasteiger partial charge in [0, 0.05) is 27.7 Å². The van der Waals surface area contributed by atoms with Gasteiger partial charge in [0.15, 0.2) is 0 Å². The molecule has 0 atom stereocenters. The second-order valence-corrected chi connectivity index (χ2v) is 4.06. The van der Waals surface area contributed by atoms with Gasteiger partial charge in [-0.05, 0) is 19.1 Å². The molecule has 0 saturated heterocycles. The molecule has 2 aromatic rings. The van der Waals surface area contributed by atoms with Crippen molar-refractivity contribution in [1.29, 1.82) is 0 Å². The monoisotopic (exact) mass is 266 g/mol. The number of hydrogen-bond donors (Lipinski definition) is 0. The summed E-state index contributed by atoms with van der Waals surface area (Å²) < 4.78 is 0.828. The third-order valence-corrected chi connectivity index (χ3v) is 2.74. The molecule has 1 heterocycles. The number of aromatic nitrogens is 1. The Balaban J connectivity index is 2.76. The highest BCUT2D eigenvalue weighted by atomic mass is 79.9. The van der Waals surface area contributed by atoms with Crippen molar-refractivity contribution < 1.29 is 4.92 Å². The highest BCUT2D eigenvalue weighted by Crippen LogP contribution is 2.26. The van der Waals surface area contributed by atoms with E-state index in [2.05, 4.69) is 20.9 Å². The van der Waals surface area contributed by atoms with Crippen molar-refractivity contribution in [2.24, 2.45) is 0 Å². The molecule has 5 heteroatoms. The number of fused-ring (bicyclic) bond motifs is 1. The van der Waals surface area contributed by atoms with Crippen molar-refractivity contribution in [2.45, 2.75) is 6.92 Å². The summed E-state index contributed by atoms with van der Waals surface area (Å²) in [5.74, 6) is 0. The van der Waals surface area contributed by atoms with Crippen LogP contribution in [0.15, 0.2) is 28.7 Å². The Morgan fingerprint density at radius 2 is 2.13 bits per heavy atom. The lowest BCUT2D eigenvalue weighted by atomic mass is 10.2. The maximum Gasteiger partial charge on any atom is 0.270 e. The summed E-state index contributed by atoms with van der Waals surface area (Å²) in [6.45, 7) is 1.88. The van der Waals surface area contributed by atoms with Crippen LogP contribution in [-0.2, 0) is 0 Å². The number of halogens is 1. The number of hydrogen-bond acceptors (Lipinski definition) is 3. The van der Waals surface area contributed by atoms with Crippen LogP contribution in [0.2, 0.25) is 0 Å².